The topological polar surface area (TPSA) is 49.8 Å². The number of para-hydroxylation sites is 1. The molecule has 2 aromatic carbocycles. The molecule has 4 aromatic rings. The standard InChI is InChI=1S/C17H16N4.C8H9FS/c1-2-4-16-12(3-1)9-14(11-20-16)21-17-15-6-7-18-10-13(15)5-8-19-17;9-8-3-1-7(2-4-8)5-6-10/h1-5,8-9,11,18H,6-7,10H2,(H,19,21);1-4,10H,5-6H2. The molecule has 6 heteroatoms. The zero-order valence-electron chi connectivity index (χ0n) is 17.2. The summed E-state index contributed by atoms with van der Waals surface area (Å²) in [5.74, 6) is 1.58. The first-order valence-electron chi connectivity index (χ1n) is 10.4. The number of rotatable bonds is 4. The van der Waals surface area contributed by atoms with Gasteiger partial charge in [-0.2, -0.15) is 12.6 Å². The molecule has 0 saturated heterocycles. The highest BCUT2D eigenvalue weighted by atomic mass is 32.1. The van der Waals surface area contributed by atoms with Gasteiger partial charge >= 0.3 is 0 Å². The van der Waals surface area contributed by atoms with Crippen molar-refractivity contribution in [1.82, 2.24) is 15.3 Å². The Morgan fingerprint density at radius 1 is 1.03 bits per heavy atom. The van der Waals surface area contributed by atoms with Crippen LogP contribution in [-0.2, 0) is 19.4 Å². The first-order valence-corrected chi connectivity index (χ1v) is 11.0. The normalized spacial score (nSPS) is 12.6. The average Bonchev–Trinajstić information content (AvgIpc) is 2.81. The van der Waals surface area contributed by atoms with Crippen LogP contribution in [0.15, 0.2) is 73.1 Å². The van der Waals surface area contributed by atoms with Crippen molar-refractivity contribution in [2.75, 3.05) is 17.6 Å². The molecule has 0 spiro atoms. The molecule has 5 rings (SSSR count). The summed E-state index contributed by atoms with van der Waals surface area (Å²) in [6.45, 7) is 1.92. The first kappa shape index (κ1) is 21.3. The second-order valence-corrected chi connectivity index (χ2v) is 7.81. The van der Waals surface area contributed by atoms with Crippen molar-refractivity contribution in [3.63, 3.8) is 0 Å². The van der Waals surface area contributed by atoms with E-state index in [1.807, 2.05) is 30.6 Å². The summed E-state index contributed by atoms with van der Waals surface area (Å²) in [5.41, 5.74) is 5.76. The Balaban J connectivity index is 0.000000196. The number of nitrogens with zero attached hydrogens (tertiary/aromatic N) is 2. The maximum absolute atomic E-state index is 12.3. The first-order chi connectivity index (χ1) is 15.2. The summed E-state index contributed by atoms with van der Waals surface area (Å²) in [5, 5.41) is 7.94. The van der Waals surface area contributed by atoms with Gasteiger partial charge in [-0.1, -0.05) is 30.3 Å². The van der Waals surface area contributed by atoms with Crippen molar-refractivity contribution >= 4 is 35.0 Å². The number of hydrogen-bond acceptors (Lipinski definition) is 5. The zero-order valence-corrected chi connectivity index (χ0v) is 18.1. The molecule has 0 bridgehead atoms. The summed E-state index contributed by atoms with van der Waals surface area (Å²) >= 11 is 4.06. The quantitative estimate of drug-likeness (QED) is 0.382. The number of aromatic nitrogens is 2. The van der Waals surface area contributed by atoms with Gasteiger partial charge in [0.2, 0.25) is 0 Å². The Labute approximate surface area is 187 Å². The molecule has 0 amide bonds. The number of thiol groups is 1. The molecule has 1 aliphatic heterocycles. The summed E-state index contributed by atoms with van der Waals surface area (Å²) < 4.78 is 12.3. The third-order valence-corrected chi connectivity index (χ3v) is 5.41. The van der Waals surface area contributed by atoms with Gasteiger partial charge in [0.25, 0.3) is 0 Å². The molecule has 4 nitrogen and oxygen atoms in total. The van der Waals surface area contributed by atoms with Gasteiger partial charge in [0.05, 0.1) is 17.4 Å². The van der Waals surface area contributed by atoms with E-state index in [0.29, 0.717) is 0 Å². The highest BCUT2D eigenvalue weighted by Gasteiger charge is 2.13. The van der Waals surface area contributed by atoms with E-state index in [0.717, 1.165) is 59.7 Å². The lowest BCUT2D eigenvalue weighted by Crippen LogP contribution is -2.24. The van der Waals surface area contributed by atoms with Crippen molar-refractivity contribution in [3.8, 4) is 0 Å². The summed E-state index contributed by atoms with van der Waals surface area (Å²) in [6, 6.07) is 18.8. The molecule has 2 aromatic heterocycles. The molecule has 0 radical (unpaired) electrons. The number of anilines is 2. The van der Waals surface area contributed by atoms with E-state index >= 15 is 0 Å². The number of pyridine rings is 2. The lowest BCUT2D eigenvalue weighted by atomic mass is 10.0. The van der Waals surface area contributed by atoms with Gasteiger partial charge in [-0.3, -0.25) is 4.98 Å². The Morgan fingerprint density at radius 2 is 1.87 bits per heavy atom. The van der Waals surface area contributed by atoms with Crippen molar-refractivity contribution < 1.29 is 4.39 Å². The molecular weight excluding hydrogens is 407 g/mol. The lowest BCUT2D eigenvalue weighted by molar-refractivity contribution is 0.627. The van der Waals surface area contributed by atoms with Gasteiger partial charge in [-0.25, -0.2) is 9.37 Å². The van der Waals surface area contributed by atoms with Crippen LogP contribution in [0, 0.1) is 5.82 Å². The molecule has 31 heavy (non-hydrogen) atoms. The number of hydrogen-bond donors (Lipinski definition) is 3. The monoisotopic (exact) mass is 432 g/mol. The maximum Gasteiger partial charge on any atom is 0.133 e. The fourth-order valence-corrected chi connectivity index (χ4v) is 3.84. The van der Waals surface area contributed by atoms with Gasteiger partial charge in [-0.05, 0) is 66.6 Å². The molecule has 0 aliphatic carbocycles. The van der Waals surface area contributed by atoms with Crippen LogP contribution < -0.4 is 10.6 Å². The van der Waals surface area contributed by atoms with Crippen LogP contribution >= 0.6 is 12.6 Å². The molecule has 0 unspecified atom stereocenters. The molecule has 2 N–H and O–H groups in total. The van der Waals surface area contributed by atoms with Crippen molar-refractivity contribution in [1.29, 1.82) is 0 Å². The van der Waals surface area contributed by atoms with Crippen LogP contribution in [0.3, 0.4) is 0 Å². The van der Waals surface area contributed by atoms with E-state index < -0.39 is 0 Å². The highest BCUT2D eigenvalue weighted by molar-refractivity contribution is 7.80. The number of aryl methyl sites for hydroxylation is 1. The Morgan fingerprint density at radius 3 is 2.71 bits per heavy atom. The molecule has 0 saturated carbocycles. The van der Waals surface area contributed by atoms with E-state index in [1.54, 1.807) is 12.1 Å². The predicted molar refractivity (Wildman–Crippen MR) is 129 cm³/mol. The molecule has 3 heterocycles. The third kappa shape index (κ3) is 5.60. The molecule has 1 aliphatic rings. The molecular formula is C25H25FN4S. The van der Waals surface area contributed by atoms with Gasteiger partial charge < -0.3 is 10.6 Å². The maximum atomic E-state index is 12.3. The van der Waals surface area contributed by atoms with Gasteiger partial charge in [-0.15, -0.1) is 0 Å². The Kier molecular flexibility index (Phi) is 7.12. The van der Waals surface area contributed by atoms with Crippen LogP contribution in [0.1, 0.15) is 16.7 Å². The van der Waals surface area contributed by atoms with E-state index in [-0.39, 0.29) is 5.82 Å². The second-order valence-electron chi connectivity index (χ2n) is 7.37. The molecule has 0 fully saturated rings. The van der Waals surface area contributed by atoms with E-state index in [4.69, 9.17) is 0 Å². The Hall–Kier alpha value is -2.96. The van der Waals surface area contributed by atoms with Gasteiger partial charge in [0.1, 0.15) is 11.6 Å². The van der Waals surface area contributed by atoms with Gasteiger partial charge in [0, 0.05) is 23.7 Å². The van der Waals surface area contributed by atoms with Crippen molar-refractivity contribution in [2.24, 2.45) is 0 Å². The summed E-state index contributed by atoms with van der Waals surface area (Å²) in [4.78, 5) is 8.99. The van der Waals surface area contributed by atoms with Crippen molar-refractivity contribution in [2.45, 2.75) is 19.4 Å². The molecule has 158 valence electrons. The summed E-state index contributed by atoms with van der Waals surface area (Å²) in [7, 11) is 0. The molecule has 0 atom stereocenters. The van der Waals surface area contributed by atoms with Crippen molar-refractivity contribution in [3.05, 3.63) is 95.6 Å². The number of fused-ring (bicyclic) bond motifs is 2. The lowest BCUT2D eigenvalue weighted by Gasteiger charge is -2.20. The minimum atomic E-state index is -0.178. The van der Waals surface area contributed by atoms with Crippen LogP contribution in [0.4, 0.5) is 15.9 Å². The van der Waals surface area contributed by atoms with E-state index in [2.05, 4.69) is 51.4 Å². The average molecular weight is 433 g/mol. The number of benzene rings is 2. The van der Waals surface area contributed by atoms with E-state index in [1.165, 1.54) is 23.3 Å². The van der Waals surface area contributed by atoms with Gasteiger partial charge in [0.15, 0.2) is 0 Å². The van der Waals surface area contributed by atoms with E-state index in [9.17, 15) is 4.39 Å². The highest BCUT2D eigenvalue weighted by Crippen LogP contribution is 2.25. The minimum absolute atomic E-state index is 0.178. The SMILES string of the molecule is Fc1ccc(CCS)cc1.c1ccc2ncc(Nc3nccc4c3CCNC4)cc2c1. The van der Waals surface area contributed by atoms with Crippen LogP contribution in [-0.4, -0.2) is 22.3 Å². The largest absolute Gasteiger partial charge is 0.339 e. The summed E-state index contributed by atoms with van der Waals surface area (Å²) in [6.07, 6.45) is 5.64. The fourth-order valence-electron chi connectivity index (χ4n) is 3.58. The third-order valence-electron chi connectivity index (χ3n) is 5.19. The fraction of sp³-hybridized carbons (Fsp3) is 0.200. The number of nitrogens with one attached hydrogen (secondary N) is 2. The smallest absolute Gasteiger partial charge is 0.133 e. The zero-order chi connectivity index (χ0) is 21.5. The van der Waals surface area contributed by atoms with Crippen LogP contribution in [0.5, 0.6) is 0 Å². The predicted octanol–water partition coefficient (Wildman–Crippen LogP) is 5.32. The number of halogens is 1. The Bertz CT molecular complexity index is 1150. The van der Waals surface area contributed by atoms with Crippen LogP contribution in [0.25, 0.3) is 10.9 Å². The minimum Gasteiger partial charge on any atom is -0.339 e. The van der Waals surface area contributed by atoms with Crippen LogP contribution in [0.2, 0.25) is 0 Å². The second kappa shape index (κ2) is 10.4.